The second-order valence-corrected chi connectivity index (χ2v) is 5.10. The van der Waals surface area contributed by atoms with Gasteiger partial charge in [0.05, 0.1) is 0 Å². The first-order valence-corrected chi connectivity index (χ1v) is 7.78. The van der Waals surface area contributed by atoms with Gasteiger partial charge in [0.25, 0.3) is 5.89 Å². The fourth-order valence-corrected chi connectivity index (χ4v) is 2.10. The predicted octanol–water partition coefficient (Wildman–Crippen LogP) is 4.84. The van der Waals surface area contributed by atoms with Gasteiger partial charge in [-0.2, -0.15) is 0 Å². The zero-order valence-electron chi connectivity index (χ0n) is 12.6. The number of rotatable bonds is 7. The van der Waals surface area contributed by atoms with Gasteiger partial charge in [-0.05, 0) is 24.5 Å². The lowest BCUT2D eigenvalue weighted by molar-refractivity contribution is 0.554. The highest BCUT2D eigenvalue weighted by Gasteiger charge is 2.05. The molecule has 0 N–H and O–H groups in total. The molecule has 0 saturated heterocycles. The Morgan fingerprint density at radius 3 is 2.52 bits per heavy atom. The maximum atomic E-state index is 5.53. The van der Waals surface area contributed by atoms with Gasteiger partial charge in [-0.15, -0.1) is 5.10 Å². The van der Waals surface area contributed by atoms with E-state index in [1.54, 1.807) is 0 Å². The summed E-state index contributed by atoms with van der Waals surface area (Å²) in [4.78, 5) is 0. The quantitative estimate of drug-likeness (QED) is 0.539. The summed E-state index contributed by atoms with van der Waals surface area (Å²) in [5.74, 6) is 6.99. The molecule has 0 bridgehead atoms. The molecule has 1 heterocycles. The maximum Gasteiger partial charge on any atom is 0.294 e. The minimum atomic E-state index is 0.403. The van der Waals surface area contributed by atoms with Crippen LogP contribution in [0, 0.1) is 11.8 Å². The van der Waals surface area contributed by atoms with E-state index in [0.29, 0.717) is 11.8 Å². The zero-order valence-corrected chi connectivity index (χ0v) is 12.6. The lowest BCUT2D eigenvalue weighted by Crippen LogP contribution is -1.78. The molecule has 1 aromatic carbocycles. The standard InChI is InChI=1S/C18H22N2O/c1-2-3-4-5-6-7-8-12-15-17-19-20-18(21-17)16-13-10-9-11-14-16/h9-11,13-14H,2-8H2,1H3. The molecule has 110 valence electrons. The highest BCUT2D eigenvalue weighted by molar-refractivity contribution is 5.52. The second-order valence-electron chi connectivity index (χ2n) is 5.10. The number of nitrogens with zero attached hydrogens (tertiary/aromatic N) is 2. The summed E-state index contributed by atoms with van der Waals surface area (Å²) < 4.78 is 5.53. The fraction of sp³-hybridized carbons (Fsp3) is 0.444. The normalized spacial score (nSPS) is 10.1. The molecular weight excluding hydrogens is 260 g/mol. The van der Waals surface area contributed by atoms with E-state index >= 15 is 0 Å². The van der Waals surface area contributed by atoms with E-state index < -0.39 is 0 Å². The summed E-state index contributed by atoms with van der Waals surface area (Å²) >= 11 is 0. The Hall–Kier alpha value is -2.08. The molecule has 0 fully saturated rings. The summed E-state index contributed by atoms with van der Waals surface area (Å²) in [7, 11) is 0. The lowest BCUT2D eigenvalue weighted by atomic mass is 10.1. The van der Waals surface area contributed by atoms with Crippen molar-refractivity contribution in [1.29, 1.82) is 0 Å². The first kappa shape index (κ1) is 15.3. The number of aromatic nitrogens is 2. The van der Waals surface area contributed by atoms with Gasteiger partial charge in [-0.1, -0.05) is 68.2 Å². The Morgan fingerprint density at radius 1 is 0.952 bits per heavy atom. The van der Waals surface area contributed by atoms with Crippen LogP contribution in [-0.4, -0.2) is 10.2 Å². The van der Waals surface area contributed by atoms with E-state index in [1.165, 1.54) is 32.1 Å². The van der Waals surface area contributed by atoms with Crippen LogP contribution in [0.25, 0.3) is 11.5 Å². The molecule has 0 aliphatic carbocycles. The molecule has 2 rings (SSSR count). The van der Waals surface area contributed by atoms with Crippen molar-refractivity contribution >= 4 is 0 Å². The summed E-state index contributed by atoms with van der Waals surface area (Å²) in [6.07, 6.45) is 8.60. The van der Waals surface area contributed by atoms with Crippen molar-refractivity contribution in [2.45, 2.75) is 51.9 Å². The van der Waals surface area contributed by atoms with Gasteiger partial charge in [-0.25, -0.2) is 0 Å². The molecule has 0 unspecified atom stereocenters. The molecule has 0 saturated carbocycles. The van der Waals surface area contributed by atoms with Gasteiger partial charge >= 0.3 is 0 Å². The number of unbranched alkanes of at least 4 members (excludes halogenated alkanes) is 6. The van der Waals surface area contributed by atoms with Crippen LogP contribution in [0.3, 0.4) is 0 Å². The van der Waals surface area contributed by atoms with Crippen molar-refractivity contribution in [2.75, 3.05) is 0 Å². The number of hydrogen-bond donors (Lipinski definition) is 0. The molecule has 0 radical (unpaired) electrons. The molecule has 0 aliphatic rings. The fourth-order valence-electron chi connectivity index (χ4n) is 2.10. The summed E-state index contributed by atoms with van der Waals surface area (Å²) in [5.41, 5.74) is 0.925. The van der Waals surface area contributed by atoms with E-state index in [-0.39, 0.29) is 0 Å². The topological polar surface area (TPSA) is 38.9 Å². The Kier molecular flexibility index (Phi) is 6.54. The molecule has 0 aliphatic heterocycles. The SMILES string of the molecule is CCCCCCCCC#Cc1nnc(-c2ccccc2)o1. The monoisotopic (exact) mass is 282 g/mol. The predicted molar refractivity (Wildman–Crippen MR) is 84.6 cm³/mol. The third-order valence-corrected chi connectivity index (χ3v) is 3.30. The molecule has 21 heavy (non-hydrogen) atoms. The van der Waals surface area contributed by atoms with Gasteiger partial charge in [-0.3, -0.25) is 0 Å². The van der Waals surface area contributed by atoms with Crippen molar-refractivity contribution in [3.05, 3.63) is 36.2 Å². The van der Waals surface area contributed by atoms with E-state index in [9.17, 15) is 0 Å². The summed E-state index contributed by atoms with van der Waals surface area (Å²) in [6, 6.07) is 9.75. The highest BCUT2D eigenvalue weighted by atomic mass is 16.4. The molecule has 0 atom stereocenters. The van der Waals surface area contributed by atoms with Crippen molar-refractivity contribution in [3.63, 3.8) is 0 Å². The highest BCUT2D eigenvalue weighted by Crippen LogP contribution is 2.16. The van der Waals surface area contributed by atoms with Crippen LogP contribution in [0.15, 0.2) is 34.7 Å². The zero-order chi connectivity index (χ0) is 14.8. The molecule has 0 amide bonds. The van der Waals surface area contributed by atoms with Crippen molar-refractivity contribution in [3.8, 4) is 23.3 Å². The van der Waals surface area contributed by atoms with Crippen LogP contribution in [0.2, 0.25) is 0 Å². The average Bonchev–Trinajstić information content (AvgIpc) is 3.00. The van der Waals surface area contributed by atoms with E-state index in [4.69, 9.17) is 4.42 Å². The first-order valence-electron chi connectivity index (χ1n) is 7.78. The van der Waals surface area contributed by atoms with Gasteiger partial charge < -0.3 is 4.42 Å². The molecule has 0 spiro atoms. The first-order chi connectivity index (χ1) is 10.4. The molecule has 1 aromatic heterocycles. The van der Waals surface area contributed by atoms with Crippen LogP contribution in [0.1, 0.15) is 57.8 Å². The van der Waals surface area contributed by atoms with Crippen LogP contribution < -0.4 is 0 Å². The number of benzene rings is 1. The average molecular weight is 282 g/mol. The van der Waals surface area contributed by atoms with Crippen molar-refractivity contribution in [2.24, 2.45) is 0 Å². The Bertz CT molecular complexity index is 578. The van der Waals surface area contributed by atoms with E-state index in [0.717, 1.165) is 18.4 Å². The van der Waals surface area contributed by atoms with Crippen molar-refractivity contribution < 1.29 is 4.42 Å². The molecule has 3 nitrogen and oxygen atoms in total. The Labute approximate surface area is 126 Å². The van der Waals surface area contributed by atoms with E-state index in [1.807, 2.05) is 30.3 Å². The van der Waals surface area contributed by atoms with E-state index in [2.05, 4.69) is 29.0 Å². The maximum absolute atomic E-state index is 5.53. The van der Waals surface area contributed by atoms with Gasteiger partial charge in [0, 0.05) is 12.0 Å². The number of hydrogen-bond acceptors (Lipinski definition) is 3. The van der Waals surface area contributed by atoms with Crippen LogP contribution >= 0.6 is 0 Å². The summed E-state index contributed by atoms with van der Waals surface area (Å²) in [6.45, 7) is 2.24. The molecule has 2 aromatic rings. The smallest absolute Gasteiger partial charge is 0.294 e. The lowest BCUT2D eigenvalue weighted by Gasteiger charge is -1.96. The molecule has 3 heteroatoms. The van der Waals surface area contributed by atoms with Crippen LogP contribution in [0.5, 0.6) is 0 Å². The van der Waals surface area contributed by atoms with Crippen LogP contribution in [-0.2, 0) is 0 Å². The minimum Gasteiger partial charge on any atom is -0.410 e. The van der Waals surface area contributed by atoms with Gasteiger partial charge in [0.1, 0.15) is 0 Å². The second kappa shape index (κ2) is 8.97. The van der Waals surface area contributed by atoms with Crippen molar-refractivity contribution in [1.82, 2.24) is 10.2 Å². The third kappa shape index (κ3) is 5.43. The Balaban J connectivity index is 1.75. The summed E-state index contributed by atoms with van der Waals surface area (Å²) in [5, 5.41) is 7.98. The largest absolute Gasteiger partial charge is 0.410 e. The van der Waals surface area contributed by atoms with Crippen LogP contribution in [0.4, 0.5) is 0 Å². The Morgan fingerprint density at radius 2 is 1.71 bits per heavy atom. The van der Waals surface area contributed by atoms with Gasteiger partial charge in [0.15, 0.2) is 0 Å². The van der Waals surface area contributed by atoms with Gasteiger partial charge in [0.2, 0.25) is 5.89 Å². The third-order valence-electron chi connectivity index (χ3n) is 3.30. The molecular formula is C18H22N2O. The minimum absolute atomic E-state index is 0.403.